The molecule has 2 bridgehead atoms. The fraction of sp³-hybridized carbons (Fsp3) is 0.745. The monoisotopic (exact) mass is 889 g/mol. The highest BCUT2D eigenvalue weighted by molar-refractivity contribution is 5.84. The van der Waals surface area contributed by atoms with Crippen LogP contribution >= 0.6 is 0 Å². The van der Waals surface area contributed by atoms with Gasteiger partial charge in [0.15, 0.2) is 0 Å². The zero-order valence-corrected chi connectivity index (χ0v) is 41.3. The van der Waals surface area contributed by atoms with Crippen molar-refractivity contribution in [2.24, 2.45) is 35.5 Å². The predicted octanol–water partition coefficient (Wildman–Crippen LogP) is 9.01. The van der Waals surface area contributed by atoms with Crippen molar-refractivity contribution in [1.82, 2.24) is 0 Å². The number of rotatable bonds is 16. The Morgan fingerprint density at radius 2 is 1.37 bits per heavy atom. The first kappa shape index (κ1) is 56.2. The number of hydrogen-bond acceptors (Lipinski definition) is 12. The van der Waals surface area contributed by atoms with E-state index in [4.69, 9.17) is 42.6 Å². The number of methoxy groups -OCH3 is 7. The van der Waals surface area contributed by atoms with Gasteiger partial charge in [0.25, 0.3) is 0 Å². The van der Waals surface area contributed by atoms with Gasteiger partial charge in [-0.05, 0) is 38.5 Å². The van der Waals surface area contributed by atoms with Crippen LogP contribution in [0.2, 0.25) is 0 Å². The molecule has 0 spiro atoms. The number of cyclic esters (lactones) is 1. The second-order valence-corrected chi connectivity index (χ2v) is 17.9. The third-order valence-corrected chi connectivity index (χ3v) is 13.5. The predicted molar refractivity (Wildman–Crippen MR) is 247 cm³/mol. The minimum absolute atomic E-state index is 0.00357. The molecule has 360 valence electrons. The van der Waals surface area contributed by atoms with Crippen molar-refractivity contribution in [1.29, 1.82) is 0 Å². The van der Waals surface area contributed by atoms with Gasteiger partial charge in [-0.25, -0.2) is 9.59 Å². The third-order valence-electron chi connectivity index (χ3n) is 13.5. The van der Waals surface area contributed by atoms with Crippen molar-refractivity contribution in [3.05, 3.63) is 59.8 Å². The molecule has 0 radical (unpaired) electrons. The highest BCUT2D eigenvalue weighted by Gasteiger charge is 2.36. The Kier molecular flexibility index (Phi) is 26.3. The van der Waals surface area contributed by atoms with Gasteiger partial charge >= 0.3 is 11.9 Å². The highest BCUT2D eigenvalue weighted by Crippen LogP contribution is 2.33. The van der Waals surface area contributed by atoms with Crippen LogP contribution in [0.15, 0.2) is 59.8 Å². The smallest absolute Gasteiger partial charge is 0.331 e. The van der Waals surface area contributed by atoms with Gasteiger partial charge in [-0.2, -0.15) is 0 Å². The lowest BCUT2D eigenvalue weighted by molar-refractivity contribution is -0.152. The summed E-state index contributed by atoms with van der Waals surface area (Å²) in [5.74, 6) is -1.44. The largest absolute Gasteiger partial charge is 0.458 e. The van der Waals surface area contributed by atoms with Crippen LogP contribution in [0.3, 0.4) is 0 Å². The van der Waals surface area contributed by atoms with Gasteiger partial charge in [0.1, 0.15) is 18.0 Å². The molecule has 15 unspecified atom stereocenters. The zero-order chi connectivity index (χ0) is 47.2. The van der Waals surface area contributed by atoms with Gasteiger partial charge in [-0.15, -0.1) is 0 Å². The number of ketones is 1. The molecule has 15 atom stereocenters. The zero-order valence-electron chi connectivity index (χ0n) is 41.3. The number of allylic oxidation sites excluding steroid dienone is 2. The summed E-state index contributed by atoms with van der Waals surface area (Å²) >= 11 is 0. The molecule has 0 fully saturated rings. The number of fused-ring (bicyclic) bond motifs is 2. The first-order valence-corrected chi connectivity index (χ1v) is 23.0. The van der Waals surface area contributed by atoms with Gasteiger partial charge in [0, 0.05) is 117 Å². The summed E-state index contributed by atoms with van der Waals surface area (Å²) < 4.78 is 53.6. The van der Waals surface area contributed by atoms with Gasteiger partial charge in [0.05, 0.1) is 42.7 Å². The highest BCUT2D eigenvalue weighted by atomic mass is 16.6. The van der Waals surface area contributed by atoms with Crippen LogP contribution in [0.5, 0.6) is 0 Å². The molecule has 0 amide bonds. The van der Waals surface area contributed by atoms with E-state index in [-0.39, 0.29) is 96.1 Å². The summed E-state index contributed by atoms with van der Waals surface area (Å²) in [4.78, 5) is 39.7. The molecule has 2 aliphatic rings. The third kappa shape index (κ3) is 18.4. The average molecular weight is 889 g/mol. The lowest BCUT2D eigenvalue weighted by Crippen LogP contribution is -2.41. The van der Waals surface area contributed by atoms with Gasteiger partial charge < -0.3 is 42.6 Å². The van der Waals surface area contributed by atoms with E-state index >= 15 is 0 Å². The molecule has 0 saturated carbocycles. The average Bonchev–Trinajstić information content (AvgIpc) is 3.26. The van der Waals surface area contributed by atoms with Crippen LogP contribution in [0.4, 0.5) is 0 Å². The van der Waals surface area contributed by atoms with Gasteiger partial charge in [-0.3, -0.25) is 4.79 Å². The molecule has 0 N–H and O–H groups in total. The van der Waals surface area contributed by atoms with Crippen LogP contribution in [0.25, 0.3) is 0 Å². The molecular formula is C51H84O12. The molecule has 0 aromatic rings. The molecular weight excluding hydrogens is 805 g/mol. The Hall–Kier alpha value is -2.97. The maximum Gasteiger partial charge on any atom is 0.331 e. The number of carbonyl (C=O) groups is 3. The van der Waals surface area contributed by atoms with Crippen LogP contribution < -0.4 is 0 Å². The lowest BCUT2D eigenvalue weighted by atomic mass is 9.81. The van der Waals surface area contributed by atoms with E-state index in [2.05, 4.69) is 32.9 Å². The van der Waals surface area contributed by atoms with E-state index in [1.165, 1.54) is 6.08 Å². The Morgan fingerprint density at radius 1 is 0.746 bits per heavy atom. The fourth-order valence-corrected chi connectivity index (χ4v) is 9.19. The molecule has 0 aromatic heterocycles. The van der Waals surface area contributed by atoms with Crippen molar-refractivity contribution >= 4 is 17.7 Å². The number of Topliss-reactive ketones (excluding diaryl/α,β-unsaturated/α-hetero) is 1. The van der Waals surface area contributed by atoms with E-state index < -0.39 is 12.1 Å². The Labute approximate surface area is 380 Å². The van der Waals surface area contributed by atoms with Crippen molar-refractivity contribution < 1.29 is 57.0 Å². The van der Waals surface area contributed by atoms with E-state index in [0.29, 0.717) is 44.9 Å². The number of ether oxygens (including phenoxy) is 9. The Balaban J connectivity index is 2.53. The fourth-order valence-electron chi connectivity index (χ4n) is 9.19. The Morgan fingerprint density at radius 3 is 1.92 bits per heavy atom. The SMILES string of the molecule is CCC(OC)C(C)C(=O)CCC(C)C(OC)C(C)C1OC(=O)C=CC=C(C)CC(OC)CC2=CC(=O)OC(C2)C(C)C(OC)CC(OC)C=CC(C)C(OC)CC(OC)C=CC1C. The molecule has 0 aromatic carbocycles. The van der Waals surface area contributed by atoms with E-state index in [0.717, 1.165) is 17.6 Å². The van der Waals surface area contributed by atoms with Gasteiger partial charge in [0.2, 0.25) is 0 Å². The summed E-state index contributed by atoms with van der Waals surface area (Å²) in [5.41, 5.74) is 1.96. The maximum atomic E-state index is 13.6. The molecule has 2 heterocycles. The summed E-state index contributed by atoms with van der Waals surface area (Å²) in [6.07, 6.45) is 17.0. The summed E-state index contributed by atoms with van der Waals surface area (Å²) in [6.45, 7) is 16.3. The summed E-state index contributed by atoms with van der Waals surface area (Å²) in [6, 6.07) is 0. The number of carbonyl (C=O) groups excluding carboxylic acids is 3. The topological polar surface area (TPSA) is 134 Å². The standard InChI is InChI=1S/C51H84O12/c1-16-44(58-12)36(6)43(52)25-22-34(4)50(61-15)38(8)51-35(5)21-24-40(55-9)30-45(59-13)33(3)20-23-41(56-10)31-46(60-14)37(7)47-28-39(29-49(54)62-47)27-42(57-11)26-32(2)18-17-19-48(53)63-51/h17-21,23-24,29,33-38,40-42,44-47,50-51H,16,22,25-28,30-31H2,1-15H3. The van der Waals surface area contributed by atoms with Gasteiger partial charge in [-0.1, -0.05) is 96.1 Å². The molecule has 0 aliphatic carbocycles. The van der Waals surface area contributed by atoms with Crippen LogP contribution in [-0.2, 0) is 57.0 Å². The van der Waals surface area contributed by atoms with E-state index in [9.17, 15) is 14.4 Å². The quantitative estimate of drug-likeness (QED) is 0.108. The summed E-state index contributed by atoms with van der Waals surface area (Å²) in [7, 11) is 11.7. The first-order valence-electron chi connectivity index (χ1n) is 23.0. The molecule has 0 saturated heterocycles. The van der Waals surface area contributed by atoms with Crippen molar-refractivity contribution in [2.75, 3.05) is 49.8 Å². The minimum Gasteiger partial charge on any atom is -0.458 e. The molecule has 12 nitrogen and oxygen atoms in total. The normalized spacial score (nSPS) is 31.2. The second-order valence-electron chi connectivity index (χ2n) is 17.9. The van der Waals surface area contributed by atoms with Crippen LogP contribution in [-0.4, -0.2) is 122 Å². The minimum atomic E-state index is -0.568. The number of hydrogen-bond donors (Lipinski definition) is 0. The van der Waals surface area contributed by atoms with Crippen molar-refractivity contribution in [3.63, 3.8) is 0 Å². The maximum absolute atomic E-state index is 13.6. The van der Waals surface area contributed by atoms with E-state index in [1.54, 1.807) is 61.9 Å². The summed E-state index contributed by atoms with van der Waals surface area (Å²) in [5, 5.41) is 0. The second kappa shape index (κ2) is 29.5. The lowest BCUT2D eigenvalue weighted by Gasteiger charge is -2.35. The first-order chi connectivity index (χ1) is 30.0. The Bertz CT molecular complexity index is 1510. The van der Waals surface area contributed by atoms with E-state index in [1.807, 2.05) is 52.8 Å². The van der Waals surface area contributed by atoms with Crippen molar-refractivity contribution in [2.45, 2.75) is 162 Å². The van der Waals surface area contributed by atoms with Crippen LogP contribution in [0, 0.1) is 35.5 Å². The molecule has 12 heteroatoms. The molecule has 63 heavy (non-hydrogen) atoms. The van der Waals surface area contributed by atoms with Crippen molar-refractivity contribution in [3.8, 4) is 0 Å². The molecule has 2 rings (SSSR count). The number of esters is 2. The van der Waals surface area contributed by atoms with Crippen LogP contribution in [0.1, 0.15) is 107 Å². The molecule has 2 aliphatic heterocycles.